The van der Waals surface area contributed by atoms with E-state index in [1.165, 1.54) is 5.56 Å². The first-order valence-corrected chi connectivity index (χ1v) is 9.90. The van der Waals surface area contributed by atoms with Crippen LogP contribution < -0.4 is 21.5 Å². The highest BCUT2D eigenvalue weighted by Gasteiger charge is 2.23. The number of rotatable bonds is 6. The molecule has 0 atom stereocenters. The standard InChI is InChI=1S/C21H28N6O/c1-28-17-8-2-14(3-9-17)10-11-24-18-12-20(23)26-27-13-19(25-21(18)27)15-4-6-16(22)7-5-15/h2-3,8-9,12-13,15-16,24H,4-7,10-11,22H2,1H3,(H2,23,26). The second kappa shape index (κ2) is 8.06. The van der Waals surface area contributed by atoms with Gasteiger partial charge in [0.2, 0.25) is 0 Å². The van der Waals surface area contributed by atoms with Crippen molar-refractivity contribution in [2.45, 2.75) is 44.1 Å². The molecule has 2 heterocycles. The molecule has 148 valence electrons. The molecule has 0 saturated heterocycles. The number of benzene rings is 1. The quantitative estimate of drug-likeness (QED) is 0.607. The van der Waals surface area contributed by atoms with E-state index in [1.807, 2.05) is 24.4 Å². The molecule has 7 nitrogen and oxygen atoms in total. The van der Waals surface area contributed by atoms with Crippen LogP contribution in [0.3, 0.4) is 0 Å². The monoisotopic (exact) mass is 380 g/mol. The van der Waals surface area contributed by atoms with Crippen LogP contribution >= 0.6 is 0 Å². The molecule has 1 aromatic carbocycles. The zero-order chi connectivity index (χ0) is 19.5. The maximum atomic E-state index is 6.04. The first-order chi connectivity index (χ1) is 13.6. The Morgan fingerprint density at radius 1 is 1.18 bits per heavy atom. The average molecular weight is 380 g/mol. The van der Waals surface area contributed by atoms with Crippen molar-refractivity contribution in [1.29, 1.82) is 0 Å². The van der Waals surface area contributed by atoms with Crippen molar-refractivity contribution in [3.63, 3.8) is 0 Å². The van der Waals surface area contributed by atoms with Crippen molar-refractivity contribution in [3.05, 3.63) is 47.8 Å². The van der Waals surface area contributed by atoms with E-state index in [2.05, 4.69) is 22.5 Å². The number of hydrogen-bond acceptors (Lipinski definition) is 6. The summed E-state index contributed by atoms with van der Waals surface area (Å²) in [4.78, 5) is 4.88. The van der Waals surface area contributed by atoms with Gasteiger partial charge in [0.15, 0.2) is 5.65 Å². The van der Waals surface area contributed by atoms with Gasteiger partial charge in [-0.05, 0) is 49.8 Å². The number of anilines is 2. The first kappa shape index (κ1) is 18.6. The van der Waals surface area contributed by atoms with E-state index in [-0.39, 0.29) is 0 Å². The van der Waals surface area contributed by atoms with Gasteiger partial charge in [-0.3, -0.25) is 0 Å². The Hall–Kier alpha value is -2.80. The highest BCUT2D eigenvalue weighted by molar-refractivity contribution is 5.70. The summed E-state index contributed by atoms with van der Waals surface area (Å²) in [7, 11) is 1.68. The number of imidazole rings is 1. The third-order valence-corrected chi connectivity index (χ3v) is 5.54. The topological polar surface area (TPSA) is 103 Å². The molecule has 0 amide bonds. The van der Waals surface area contributed by atoms with E-state index in [9.17, 15) is 0 Å². The summed E-state index contributed by atoms with van der Waals surface area (Å²) in [6, 6.07) is 10.3. The second-order valence-electron chi connectivity index (χ2n) is 7.55. The van der Waals surface area contributed by atoms with Crippen LogP contribution in [-0.4, -0.2) is 34.3 Å². The fourth-order valence-corrected chi connectivity index (χ4v) is 3.89. The van der Waals surface area contributed by atoms with E-state index in [0.29, 0.717) is 17.8 Å². The van der Waals surface area contributed by atoms with Gasteiger partial charge in [0.1, 0.15) is 11.6 Å². The van der Waals surface area contributed by atoms with E-state index in [4.69, 9.17) is 21.2 Å². The van der Waals surface area contributed by atoms with Gasteiger partial charge in [0.05, 0.1) is 24.7 Å². The molecule has 1 aliphatic carbocycles. The molecule has 28 heavy (non-hydrogen) atoms. The number of aromatic nitrogens is 3. The zero-order valence-corrected chi connectivity index (χ0v) is 16.3. The van der Waals surface area contributed by atoms with Gasteiger partial charge in [-0.25, -0.2) is 9.50 Å². The van der Waals surface area contributed by atoms with Gasteiger partial charge in [0.25, 0.3) is 0 Å². The molecule has 0 bridgehead atoms. The fraction of sp³-hybridized carbons (Fsp3) is 0.429. The minimum atomic E-state index is 0.331. The highest BCUT2D eigenvalue weighted by atomic mass is 16.5. The third-order valence-electron chi connectivity index (χ3n) is 5.54. The minimum absolute atomic E-state index is 0.331. The number of methoxy groups -OCH3 is 1. The lowest BCUT2D eigenvalue weighted by atomic mass is 9.85. The van der Waals surface area contributed by atoms with Crippen molar-refractivity contribution in [2.75, 3.05) is 24.7 Å². The van der Waals surface area contributed by atoms with Crippen LogP contribution in [0, 0.1) is 0 Å². The summed E-state index contributed by atoms with van der Waals surface area (Å²) < 4.78 is 7.01. The molecule has 7 heteroatoms. The van der Waals surface area contributed by atoms with E-state index < -0.39 is 0 Å². The van der Waals surface area contributed by atoms with Crippen molar-refractivity contribution in [3.8, 4) is 5.75 Å². The fourth-order valence-electron chi connectivity index (χ4n) is 3.89. The summed E-state index contributed by atoms with van der Waals surface area (Å²) in [5.41, 5.74) is 16.1. The summed E-state index contributed by atoms with van der Waals surface area (Å²) in [5, 5.41) is 7.88. The molecule has 0 spiro atoms. The Morgan fingerprint density at radius 2 is 1.93 bits per heavy atom. The lowest BCUT2D eigenvalue weighted by Crippen LogP contribution is -2.25. The summed E-state index contributed by atoms with van der Waals surface area (Å²) in [5.74, 6) is 1.80. The van der Waals surface area contributed by atoms with Crippen molar-refractivity contribution in [2.24, 2.45) is 5.73 Å². The lowest BCUT2D eigenvalue weighted by Gasteiger charge is -2.24. The number of ether oxygens (including phenoxy) is 1. The van der Waals surface area contributed by atoms with Gasteiger partial charge in [0, 0.05) is 24.6 Å². The van der Waals surface area contributed by atoms with E-state index in [0.717, 1.165) is 61.4 Å². The molecule has 4 rings (SSSR count). The van der Waals surface area contributed by atoms with Gasteiger partial charge in [-0.15, -0.1) is 5.10 Å². The van der Waals surface area contributed by atoms with E-state index >= 15 is 0 Å². The lowest BCUT2D eigenvalue weighted by molar-refractivity contribution is 0.391. The van der Waals surface area contributed by atoms with Gasteiger partial charge >= 0.3 is 0 Å². The minimum Gasteiger partial charge on any atom is -0.497 e. The number of fused-ring (bicyclic) bond motifs is 1. The molecule has 1 aliphatic rings. The van der Waals surface area contributed by atoms with Gasteiger partial charge in [-0.2, -0.15) is 0 Å². The first-order valence-electron chi connectivity index (χ1n) is 9.90. The maximum absolute atomic E-state index is 6.04. The zero-order valence-electron chi connectivity index (χ0n) is 16.3. The Balaban J connectivity index is 1.48. The molecule has 2 aromatic heterocycles. The number of nitrogens with zero attached hydrogens (tertiary/aromatic N) is 3. The van der Waals surface area contributed by atoms with Crippen LogP contribution in [0.2, 0.25) is 0 Å². The van der Waals surface area contributed by atoms with Crippen LogP contribution in [0.1, 0.15) is 42.9 Å². The molecular formula is C21H28N6O. The molecular weight excluding hydrogens is 352 g/mol. The summed E-state index contributed by atoms with van der Waals surface area (Å²) in [6.45, 7) is 0.784. The Bertz CT molecular complexity index is 928. The Morgan fingerprint density at radius 3 is 2.64 bits per heavy atom. The van der Waals surface area contributed by atoms with Crippen molar-refractivity contribution in [1.82, 2.24) is 14.6 Å². The Kier molecular flexibility index (Phi) is 5.34. The SMILES string of the molecule is COc1ccc(CCNc2cc(N)nn3cc(C4CCC(N)CC4)nc23)cc1. The predicted molar refractivity (Wildman–Crippen MR) is 112 cm³/mol. The number of nitrogens with two attached hydrogens (primary N) is 2. The van der Waals surface area contributed by atoms with Crippen molar-refractivity contribution < 1.29 is 4.74 Å². The molecule has 0 aliphatic heterocycles. The van der Waals surface area contributed by atoms with Gasteiger partial charge < -0.3 is 21.5 Å². The average Bonchev–Trinajstić information content (AvgIpc) is 3.13. The molecule has 0 radical (unpaired) electrons. The molecule has 3 aromatic rings. The van der Waals surface area contributed by atoms with E-state index in [1.54, 1.807) is 11.6 Å². The third kappa shape index (κ3) is 4.04. The molecule has 0 unspecified atom stereocenters. The normalized spacial score (nSPS) is 19.6. The highest BCUT2D eigenvalue weighted by Crippen LogP contribution is 2.32. The molecule has 5 N–H and O–H groups in total. The summed E-state index contributed by atoms with van der Waals surface area (Å²) >= 11 is 0. The van der Waals surface area contributed by atoms with Crippen LogP contribution in [0.5, 0.6) is 5.75 Å². The number of nitrogens with one attached hydrogen (secondary N) is 1. The van der Waals surface area contributed by atoms with Gasteiger partial charge in [-0.1, -0.05) is 12.1 Å². The second-order valence-corrected chi connectivity index (χ2v) is 7.55. The number of nitrogen functional groups attached to an aromatic ring is 1. The van der Waals surface area contributed by atoms with Crippen LogP contribution in [0.25, 0.3) is 5.65 Å². The van der Waals surface area contributed by atoms with Crippen LogP contribution in [0.15, 0.2) is 36.5 Å². The summed E-state index contributed by atoms with van der Waals surface area (Å²) in [6.07, 6.45) is 7.19. The predicted octanol–water partition coefficient (Wildman–Crippen LogP) is 2.96. The molecule has 1 saturated carbocycles. The number of hydrogen-bond donors (Lipinski definition) is 3. The maximum Gasteiger partial charge on any atom is 0.177 e. The largest absolute Gasteiger partial charge is 0.497 e. The Labute approximate surface area is 165 Å². The van der Waals surface area contributed by atoms with Crippen molar-refractivity contribution >= 4 is 17.2 Å². The van der Waals surface area contributed by atoms with Crippen LogP contribution in [-0.2, 0) is 6.42 Å². The smallest absolute Gasteiger partial charge is 0.177 e. The molecule has 1 fully saturated rings. The van der Waals surface area contributed by atoms with Crippen LogP contribution in [0.4, 0.5) is 11.5 Å².